The monoisotopic (exact) mass is 261 g/mol. The Morgan fingerprint density at radius 3 is 2.44 bits per heavy atom. The van der Waals surface area contributed by atoms with E-state index in [1.54, 1.807) is 17.8 Å². The van der Waals surface area contributed by atoms with Crippen LogP contribution in [-0.4, -0.2) is 12.3 Å². The highest BCUT2D eigenvalue weighted by molar-refractivity contribution is 7.99. The summed E-state index contributed by atoms with van der Waals surface area (Å²) in [7, 11) is 0. The summed E-state index contributed by atoms with van der Waals surface area (Å²) in [6, 6.07) is 17.0. The van der Waals surface area contributed by atoms with E-state index < -0.39 is 0 Å². The third-order valence-electron chi connectivity index (χ3n) is 2.52. The van der Waals surface area contributed by atoms with Crippen molar-refractivity contribution in [1.82, 2.24) is 0 Å². The Balaban J connectivity index is 1.66. The smallest absolute Gasteiger partial charge is 0.136 e. The molecule has 0 saturated heterocycles. The second kappa shape index (κ2) is 7.07. The Kier molecular flexibility index (Phi) is 5.09. The summed E-state index contributed by atoms with van der Waals surface area (Å²) in [5, 5.41) is 3.34. The molecule has 1 N–H and O–H groups in total. The van der Waals surface area contributed by atoms with Crippen LogP contribution in [0.1, 0.15) is 6.42 Å². The minimum atomic E-state index is -0.126. The second-order valence-corrected chi connectivity index (χ2v) is 5.06. The van der Waals surface area contributed by atoms with E-state index >= 15 is 0 Å². The number of nitrogens with one attached hydrogen (secondary N) is 1. The van der Waals surface area contributed by atoms with Crippen LogP contribution in [0.3, 0.4) is 0 Å². The zero-order valence-electron chi connectivity index (χ0n) is 10.1. The van der Waals surface area contributed by atoms with E-state index in [1.807, 2.05) is 42.5 Å². The molecule has 2 rings (SSSR count). The van der Waals surface area contributed by atoms with E-state index in [0.717, 1.165) is 29.3 Å². The van der Waals surface area contributed by atoms with E-state index in [0.29, 0.717) is 0 Å². The van der Waals surface area contributed by atoms with Crippen molar-refractivity contribution >= 4 is 17.4 Å². The fourth-order valence-corrected chi connectivity index (χ4v) is 2.49. The molecular formula is C15H16FNS. The third kappa shape index (κ3) is 4.08. The molecular weight excluding hydrogens is 245 g/mol. The van der Waals surface area contributed by atoms with Gasteiger partial charge in [0.1, 0.15) is 5.82 Å². The van der Waals surface area contributed by atoms with Crippen LogP contribution in [0.2, 0.25) is 0 Å². The topological polar surface area (TPSA) is 12.0 Å². The first-order valence-corrected chi connectivity index (χ1v) is 7.01. The molecule has 18 heavy (non-hydrogen) atoms. The minimum absolute atomic E-state index is 0.126. The van der Waals surface area contributed by atoms with Crippen molar-refractivity contribution in [3.8, 4) is 0 Å². The molecule has 0 heterocycles. The quantitative estimate of drug-likeness (QED) is 0.610. The molecule has 94 valence electrons. The van der Waals surface area contributed by atoms with Crippen molar-refractivity contribution in [1.29, 1.82) is 0 Å². The molecule has 0 aromatic heterocycles. The van der Waals surface area contributed by atoms with Crippen LogP contribution < -0.4 is 5.32 Å². The van der Waals surface area contributed by atoms with Crippen LogP contribution in [0.25, 0.3) is 0 Å². The molecule has 0 amide bonds. The van der Waals surface area contributed by atoms with Crippen LogP contribution in [0.5, 0.6) is 0 Å². The van der Waals surface area contributed by atoms with E-state index in [2.05, 4.69) is 5.32 Å². The number of thioether (sulfide) groups is 1. The first-order chi connectivity index (χ1) is 8.86. The summed E-state index contributed by atoms with van der Waals surface area (Å²) in [5.74, 6) is 0.791. The van der Waals surface area contributed by atoms with Gasteiger partial charge in [0.25, 0.3) is 0 Å². The number of hydrogen-bond donors (Lipinski definition) is 1. The van der Waals surface area contributed by atoms with Crippen molar-refractivity contribution < 1.29 is 4.39 Å². The minimum Gasteiger partial charge on any atom is -0.385 e. The molecule has 3 heteroatoms. The zero-order valence-corrected chi connectivity index (χ0v) is 10.9. The molecule has 0 unspecified atom stereocenters. The lowest BCUT2D eigenvalue weighted by molar-refractivity contribution is 0.602. The highest BCUT2D eigenvalue weighted by Crippen LogP contribution is 2.21. The number of rotatable bonds is 6. The predicted octanol–water partition coefficient (Wildman–Crippen LogP) is 4.42. The van der Waals surface area contributed by atoms with Crippen molar-refractivity contribution in [2.75, 3.05) is 17.6 Å². The Morgan fingerprint density at radius 2 is 1.67 bits per heavy atom. The molecule has 0 fully saturated rings. The van der Waals surface area contributed by atoms with Gasteiger partial charge >= 0.3 is 0 Å². The number of hydrogen-bond acceptors (Lipinski definition) is 2. The number of halogens is 1. The summed E-state index contributed by atoms with van der Waals surface area (Å²) in [4.78, 5) is 0.734. The van der Waals surface area contributed by atoms with Gasteiger partial charge in [-0.2, -0.15) is 0 Å². The largest absolute Gasteiger partial charge is 0.385 e. The third-order valence-corrected chi connectivity index (χ3v) is 3.65. The lowest BCUT2D eigenvalue weighted by Gasteiger charge is -2.06. The number of para-hydroxylation sites is 1. The lowest BCUT2D eigenvalue weighted by atomic mass is 10.3. The van der Waals surface area contributed by atoms with E-state index in [9.17, 15) is 4.39 Å². The van der Waals surface area contributed by atoms with Gasteiger partial charge in [-0.1, -0.05) is 30.3 Å². The molecule has 0 spiro atoms. The number of benzene rings is 2. The van der Waals surface area contributed by atoms with Gasteiger partial charge in [0.2, 0.25) is 0 Å². The zero-order chi connectivity index (χ0) is 12.6. The van der Waals surface area contributed by atoms with Crippen LogP contribution in [0, 0.1) is 5.82 Å². The molecule has 2 aromatic carbocycles. The summed E-state index contributed by atoms with van der Waals surface area (Å²) in [6.07, 6.45) is 1.01. The Morgan fingerprint density at radius 1 is 0.944 bits per heavy atom. The molecule has 0 bridgehead atoms. The SMILES string of the molecule is Fc1ccccc1SCCCNc1ccccc1. The molecule has 1 nitrogen and oxygen atoms in total. The number of anilines is 1. The normalized spacial score (nSPS) is 10.3. The van der Waals surface area contributed by atoms with Gasteiger partial charge in [-0.15, -0.1) is 11.8 Å². The van der Waals surface area contributed by atoms with Crippen molar-refractivity contribution in [3.05, 3.63) is 60.4 Å². The van der Waals surface area contributed by atoms with Gasteiger partial charge < -0.3 is 5.32 Å². The molecule has 0 atom stereocenters. The van der Waals surface area contributed by atoms with Crippen molar-refractivity contribution in [2.45, 2.75) is 11.3 Å². The maximum atomic E-state index is 13.3. The summed E-state index contributed by atoms with van der Waals surface area (Å²) < 4.78 is 13.3. The highest BCUT2D eigenvalue weighted by Gasteiger charge is 2.00. The van der Waals surface area contributed by atoms with Crippen LogP contribution >= 0.6 is 11.8 Å². The van der Waals surface area contributed by atoms with Gasteiger partial charge in [0, 0.05) is 17.1 Å². The first-order valence-electron chi connectivity index (χ1n) is 6.02. The maximum Gasteiger partial charge on any atom is 0.136 e. The Hall–Kier alpha value is -1.48. The van der Waals surface area contributed by atoms with Crippen LogP contribution in [0.15, 0.2) is 59.5 Å². The first kappa shape index (κ1) is 13.0. The van der Waals surface area contributed by atoms with E-state index in [4.69, 9.17) is 0 Å². The lowest BCUT2D eigenvalue weighted by Crippen LogP contribution is -2.02. The van der Waals surface area contributed by atoms with Crippen LogP contribution in [0.4, 0.5) is 10.1 Å². The fourth-order valence-electron chi connectivity index (χ4n) is 1.60. The summed E-state index contributed by atoms with van der Waals surface area (Å²) in [5.41, 5.74) is 1.13. The average Bonchev–Trinajstić information content (AvgIpc) is 2.42. The van der Waals surface area contributed by atoms with Gasteiger partial charge in [-0.3, -0.25) is 0 Å². The predicted molar refractivity (Wildman–Crippen MR) is 76.7 cm³/mol. The molecule has 0 aliphatic carbocycles. The summed E-state index contributed by atoms with van der Waals surface area (Å²) in [6.45, 7) is 0.908. The molecule has 0 saturated carbocycles. The maximum absolute atomic E-state index is 13.3. The van der Waals surface area contributed by atoms with Gasteiger partial charge in [-0.25, -0.2) is 4.39 Å². The van der Waals surface area contributed by atoms with Gasteiger partial charge in [-0.05, 0) is 36.4 Å². The van der Waals surface area contributed by atoms with Crippen molar-refractivity contribution in [2.24, 2.45) is 0 Å². The Bertz CT molecular complexity index is 473. The standard InChI is InChI=1S/C15H16FNS/c16-14-9-4-5-10-15(14)18-12-6-11-17-13-7-2-1-3-8-13/h1-5,7-10,17H,6,11-12H2. The van der Waals surface area contributed by atoms with E-state index in [-0.39, 0.29) is 5.82 Å². The van der Waals surface area contributed by atoms with Crippen molar-refractivity contribution in [3.63, 3.8) is 0 Å². The molecule has 0 aliphatic rings. The van der Waals surface area contributed by atoms with Gasteiger partial charge in [0.05, 0.1) is 0 Å². The van der Waals surface area contributed by atoms with Crippen LogP contribution in [-0.2, 0) is 0 Å². The fraction of sp³-hybridized carbons (Fsp3) is 0.200. The highest BCUT2D eigenvalue weighted by atomic mass is 32.2. The molecule has 0 aliphatic heterocycles. The summed E-state index contributed by atoms with van der Waals surface area (Å²) >= 11 is 1.57. The molecule has 0 radical (unpaired) electrons. The Labute approximate surface area is 111 Å². The molecule has 2 aromatic rings. The average molecular weight is 261 g/mol. The van der Waals surface area contributed by atoms with E-state index in [1.165, 1.54) is 6.07 Å². The van der Waals surface area contributed by atoms with Gasteiger partial charge in [0.15, 0.2) is 0 Å². The second-order valence-electron chi connectivity index (χ2n) is 3.93.